The molecule has 0 saturated heterocycles. The van der Waals surface area contributed by atoms with E-state index in [1.165, 1.54) is 54.9 Å². The van der Waals surface area contributed by atoms with Crippen LogP contribution in [0.4, 0.5) is 22.0 Å². The number of para-hydroxylation sites is 8. The number of halogens is 6. The quantitative estimate of drug-likeness (QED) is 0.0198. The standard InChI is InChI=1S/C12H4F4N3.3C12H8N3.C11H7FN.C11H7N4.C8H12P2.C5H8O2.ClHO4.5Rh/c13-6-7(14)9(16)11-10(8(6)15)18-12(19-11)5-3-1-2-4-17-5;3*1-2-6-10-9(5-1)14-12(15-10)11-7-3-4-8-13-11;12-10-6-4-9(5-7-10)11-3-1-2-8-13-11;1-2-5-9-8(4-1)14-11(15-9)10-12-6-3-7-13-10;1-9-7-5-3-4-6-8(7)10-2;1-4(6)3-5(2)7;2-1(3,4)5;;;;;/h1-4H;3*1-8H;1-4,6-8H;1-7H;3-6,9-10H,1-2H3;3,6H,1-2H3;(H,2,3,4,5);;;;;/q6*-1;;;;;;;;+2. The topological polar surface area (TPSA) is 352 Å². The summed E-state index contributed by atoms with van der Waals surface area (Å²) in [7, 11) is -2.81. The minimum absolute atomic E-state index is 0. The molecule has 2 N–H and O–H groups in total. The maximum absolute atomic E-state index is 13.5. The Bertz CT molecular complexity index is 5450. The van der Waals surface area contributed by atoms with Crippen LogP contribution in [0.1, 0.15) is 13.8 Å². The molecule has 7 aromatic carbocycles. The van der Waals surface area contributed by atoms with Gasteiger partial charge in [0.1, 0.15) is 0 Å². The summed E-state index contributed by atoms with van der Waals surface area (Å²) < 4.78 is 98.3. The molecule has 119 heavy (non-hydrogen) atoms. The van der Waals surface area contributed by atoms with Gasteiger partial charge in [0.25, 0.3) is 0 Å². The Morgan fingerprint density at radius 1 is 0.395 bits per heavy atom. The third-order valence-electron chi connectivity index (χ3n) is 14.9. The molecule has 617 valence electrons. The number of aliphatic hydroxyl groups is 1. The van der Waals surface area contributed by atoms with Crippen LogP contribution in [0.25, 0.3) is 124 Å². The van der Waals surface area contributed by atoms with Gasteiger partial charge in [0, 0.05) is 144 Å². The Hall–Kier alpha value is -10.3. The van der Waals surface area contributed by atoms with Crippen molar-refractivity contribution in [2.75, 3.05) is 13.3 Å². The number of ketones is 1. The molecule has 18 aromatic rings. The van der Waals surface area contributed by atoms with Crippen molar-refractivity contribution >= 4 is 88.7 Å². The average molecular weight is 2100 g/mol. The number of carbonyl (C=O) groups excluding carboxylic acids is 1. The Morgan fingerprint density at radius 2 is 0.706 bits per heavy atom. The van der Waals surface area contributed by atoms with Gasteiger partial charge in [0.05, 0.1) is 43.4 Å². The summed E-state index contributed by atoms with van der Waals surface area (Å²) in [5.74, 6) is -4.16. The third-order valence-corrected chi connectivity index (χ3v) is 17.1. The van der Waals surface area contributed by atoms with E-state index >= 15 is 0 Å². The van der Waals surface area contributed by atoms with Crippen LogP contribution >= 0.6 is 17.2 Å². The molecule has 23 nitrogen and oxygen atoms in total. The SMILES string of the molecule is CC(=O)C=C(C)O.CPc1ccccc1PC.Fc1c(F)c(F)c2[n-]c(-c3ccccn3)nc2c1F.Fc1c[c-]c(-c2ccccn2)cc1.[O-][Cl+3]([O-])([O-])O.[Rh+2].[Rh].[Rh].[Rh].[Rh].c1ccc(-c2nc3ccccc3[n-]2)nc1.c1ccc(-c2nc3ccccc3[n-]2)nc1.c1ccc(-c2nc3ccccc3[n-]2)nc1.c1cnc(-c2nc3ccccc3[n-]2)nc1. The maximum atomic E-state index is 13.5. The molecule has 18 rings (SSSR count). The van der Waals surface area contributed by atoms with E-state index in [9.17, 15) is 26.7 Å². The van der Waals surface area contributed by atoms with Gasteiger partial charge in [-0.25, -0.2) is 27.5 Å². The molecule has 0 aliphatic heterocycles. The molecule has 2 atom stereocenters. The van der Waals surface area contributed by atoms with Crippen molar-refractivity contribution in [2.45, 2.75) is 13.8 Å². The molecule has 36 heteroatoms. The van der Waals surface area contributed by atoms with Crippen LogP contribution in [0, 0.1) is 45.4 Å². The number of hydrogen-bond donors (Lipinski definition) is 2. The van der Waals surface area contributed by atoms with Crippen molar-refractivity contribution in [1.82, 2.24) is 84.7 Å². The molecule has 11 heterocycles. The van der Waals surface area contributed by atoms with Gasteiger partial charge >= 0.3 is 19.5 Å². The number of aromatic nitrogens is 17. The number of pyridine rings is 5. The smallest absolute Gasteiger partial charge is 0.512 e. The fourth-order valence-electron chi connectivity index (χ4n) is 9.93. The third kappa shape index (κ3) is 30.5. The van der Waals surface area contributed by atoms with Crippen LogP contribution < -0.4 is 49.5 Å². The monoisotopic (exact) mass is 2100 g/mol. The van der Waals surface area contributed by atoms with Gasteiger partial charge in [-0.15, -0.1) is 29.8 Å². The Kier molecular flexibility index (Phi) is 42.2. The number of aliphatic hydroxyl groups excluding tert-OH is 1. The van der Waals surface area contributed by atoms with Gasteiger partial charge in [-0.3, -0.25) is 29.1 Å². The summed E-state index contributed by atoms with van der Waals surface area (Å²) in [5.41, 5.74) is 10.2. The summed E-state index contributed by atoms with van der Waals surface area (Å²) in [4.78, 5) is 81.4. The van der Waals surface area contributed by atoms with Crippen molar-refractivity contribution in [3.05, 3.63) is 327 Å². The second-order valence-electron chi connectivity index (χ2n) is 23.0. The largest absolute Gasteiger partial charge is 2.00 e. The summed E-state index contributed by atoms with van der Waals surface area (Å²) in [6, 6.07) is 76.4. The molecule has 11 aromatic heterocycles. The second kappa shape index (κ2) is 50.6. The van der Waals surface area contributed by atoms with Crippen LogP contribution in [-0.4, -0.2) is 88.7 Å². The molecule has 0 aliphatic carbocycles. The van der Waals surface area contributed by atoms with Crippen molar-refractivity contribution < 1.29 is 158 Å². The first-order chi connectivity index (χ1) is 55.2. The van der Waals surface area contributed by atoms with Crippen LogP contribution in [0.3, 0.4) is 0 Å². The zero-order valence-corrected chi connectivity index (χ0v) is 73.1. The number of allylic oxidation sites excluding steroid dienone is 2. The van der Waals surface area contributed by atoms with Gasteiger partial charge in [-0.05, 0) is 177 Å². The van der Waals surface area contributed by atoms with E-state index in [0.717, 1.165) is 89.6 Å². The fraction of sp³-hybridized carbons (Fsp3) is 0.0482. The van der Waals surface area contributed by atoms with E-state index in [2.05, 4.69) is 128 Å². The Balaban J connectivity index is 0.000000241. The number of hydrogen-bond acceptors (Lipinski definition) is 18. The minimum Gasteiger partial charge on any atom is -0.512 e. The molecule has 0 bridgehead atoms. The number of imidazole rings is 5. The Labute approximate surface area is 748 Å². The predicted octanol–water partition coefficient (Wildman–Crippen LogP) is 12.4. The van der Waals surface area contributed by atoms with Crippen LogP contribution in [0.2, 0.25) is 0 Å². The number of fused-ring (bicyclic) bond motifs is 5. The van der Waals surface area contributed by atoms with E-state index in [-0.39, 0.29) is 126 Å². The number of nitrogens with zero attached hydrogens (tertiary/aromatic N) is 17. The van der Waals surface area contributed by atoms with Crippen molar-refractivity contribution in [1.29, 1.82) is 0 Å². The zero-order chi connectivity index (χ0) is 80.8. The summed E-state index contributed by atoms with van der Waals surface area (Å²) in [6.45, 7) is 7.32. The fourth-order valence-corrected chi connectivity index (χ4v) is 11.9. The molecule has 0 fully saturated rings. The molecule has 0 amide bonds. The molecule has 0 spiro atoms. The predicted molar refractivity (Wildman–Crippen MR) is 421 cm³/mol. The molecular formula is C83H63ClF5N17O6P2Rh5-4. The van der Waals surface area contributed by atoms with Crippen molar-refractivity contribution in [3.63, 3.8) is 0 Å². The first kappa shape index (κ1) is 99.3. The molecular weight excluding hydrogens is 2040 g/mol. The van der Waals surface area contributed by atoms with Gasteiger partial charge in [-0.1, -0.05) is 175 Å². The van der Waals surface area contributed by atoms with Gasteiger partial charge in [0.2, 0.25) is 0 Å². The number of benzene rings is 7. The first-order valence-electron chi connectivity index (χ1n) is 33.9. The summed E-state index contributed by atoms with van der Waals surface area (Å²) >= 11 is 0. The van der Waals surface area contributed by atoms with Gasteiger partial charge in [-0.2, -0.15) is 14.0 Å². The minimum atomic E-state index is -4.69. The number of rotatable bonds is 9. The van der Waals surface area contributed by atoms with E-state index in [0.29, 0.717) is 29.1 Å². The van der Waals surface area contributed by atoms with E-state index in [4.69, 9.17) is 23.7 Å². The maximum Gasteiger partial charge on any atom is 2.00 e. The summed E-state index contributed by atoms with van der Waals surface area (Å²) in [5, 5.41) is 11.4. The molecule has 0 saturated carbocycles. The molecule has 5 radical (unpaired) electrons. The normalized spacial score (nSPS) is 10.4. The Morgan fingerprint density at radius 3 is 1.02 bits per heavy atom. The zero-order valence-electron chi connectivity index (χ0n) is 62.2. The second-order valence-corrected chi connectivity index (χ2v) is 25.9. The molecule has 2 unspecified atom stereocenters. The van der Waals surface area contributed by atoms with Crippen LogP contribution in [-0.2, 0) is 102 Å². The summed E-state index contributed by atoms with van der Waals surface area (Å²) in [6.07, 6.45) is 12.9. The van der Waals surface area contributed by atoms with Gasteiger partial charge in [0.15, 0.2) is 34.9 Å². The van der Waals surface area contributed by atoms with E-state index < -0.39 is 44.5 Å². The van der Waals surface area contributed by atoms with Crippen molar-refractivity contribution in [2.24, 2.45) is 0 Å². The van der Waals surface area contributed by atoms with Crippen LogP contribution in [0.15, 0.2) is 292 Å². The average Bonchev–Trinajstić information content (AvgIpc) is 1.62. The molecule has 0 aliphatic rings. The van der Waals surface area contributed by atoms with Crippen molar-refractivity contribution in [3.8, 4) is 69.0 Å². The van der Waals surface area contributed by atoms with E-state index in [1.54, 1.807) is 61.4 Å². The van der Waals surface area contributed by atoms with Crippen LogP contribution in [0.5, 0.6) is 0 Å². The number of carbonyl (C=O) groups is 1. The van der Waals surface area contributed by atoms with Gasteiger partial charge < -0.3 is 59.9 Å². The first-order valence-corrected chi connectivity index (χ1v) is 38.2. The van der Waals surface area contributed by atoms with E-state index in [1.807, 2.05) is 170 Å².